The smallest absolute Gasteiger partial charge is 0.247 e. The van der Waals surface area contributed by atoms with Crippen LogP contribution in [0.4, 0.5) is 33.1 Å². The Morgan fingerprint density at radius 1 is 1.11 bits per heavy atom. The number of hydrogen-bond donors (Lipinski definition) is 2. The maximum absolute atomic E-state index is 14.9. The summed E-state index contributed by atoms with van der Waals surface area (Å²) in [6, 6.07) is 10.5. The van der Waals surface area contributed by atoms with Gasteiger partial charge < -0.3 is 25.0 Å². The van der Waals surface area contributed by atoms with E-state index in [0.717, 1.165) is 44.7 Å². The van der Waals surface area contributed by atoms with Crippen LogP contribution in [0.25, 0.3) is 0 Å². The Kier molecular flexibility index (Phi) is 10.1. The Hall–Kier alpha value is -3.97. The molecule has 13 heteroatoms. The summed E-state index contributed by atoms with van der Waals surface area (Å²) in [7, 11) is 1.60. The maximum atomic E-state index is 14.9. The molecule has 2 N–H and O–H groups in total. The highest BCUT2D eigenvalue weighted by Crippen LogP contribution is 2.41. The van der Waals surface area contributed by atoms with Gasteiger partial charge in [-0.25, -0.2) is 19.4 Å². The number of halogens is 2. The topological polar surface area (TPSA) is 104 Å². The molecule has 2 aromatic carbocycles. The molecule has 1 amide bonds. The standard InChI is InChI=1S/C34H41ClFN7O4/c1-5-33(44)40-26-15-27(30(45-4)16-29(26)41-12-9-23(10-13-41)42-18-21(2)47-22(3)19-42)39-31-17-32(38-20-37-31)43-28(11-14-46-43)24-7-6-8-25(35)34(24)36/h5-8,15-17,20-23,28H,1,9-14,18-19H2,2-4H3,(H,40,44)(H,37,38,39)/t21-,22+,28?. The second kappa shape index (κ2) is 14.4. The SMILES string of the molecule is C=CC(=O)Nc1cc(Nc2cc(N3OCCC3c3cccc(Cl)c3F)ncn2)c(OC)cc1N1CCC(N2C[C@@H](C)O[C@@H](C)C2)CC1. The fraction of sp³-hybridized carbons (Fsp3) is 0.441. The summed E-state index contributed by atoms with van der Waals surface area (Å²) < 4.78 is 26.7. The van der Waals surface area contributed by atoms with E-state index in [-0.39, 0.29) is 23.1 Å². The van der Waals surface area contributed by atoms with Crippen LogP contribution in [0, 0.1) is 5.82 Å². The van der Waals surface area contributed by atoms with E-state index in [1.807, 2.05) is 12.1 Å². The lowest BCUT2D eigenvalue weighted by Crippen LogP contribution is -2.53. The minimum atomic E-state index is -0.476. The van der Waals surface area contributed by atoms with Crippen LogP contribution in [0.5, 0.6) is 5.75 Å². The Bertz CT molecular complexity index is 1590. The van der Waals surface area contributed by atoms with Gasteiger partial charge >= 0.3 is 0 Å². The fourth-order valence-electron chi connectivity index (χ4n) is 6.80. The van der Waals surface area contributed by atoms with Crippen LogP contribution < -0.4 is 25.3 Å². The lowest BCUT2D eigenvalue weighted by atomic mass is 10.00. The summed E-state index contributed by atoms with van der Waals surface area (Å²) in [6.07, 6.45) is 5.67. The van der Waals surface area contributed by atoms with Crippen molar-refractivity contribution in [3.63, 3.8) is 0 Å². The minimum Gasteiger partial charge on any atom is -0.494 e. The molecule has 6 rings (SSSR count). The van der Waals surface area contributed by atoms with Gasteiger partial charge in [-0.05, 0) is 44.9 Å². The molecule has 1 aromatic heterocycles. The number of rotatable bonds is 9. The van der Waals surface area contributed by atoms with Crippen molar-refractivity contribution < 1.29 is 23.5 Å². The summed E-state index contributed by atoms with van der Waals surface area (Å²) in [4.78, 5) is 32.1. The van der Waals surface area contributed by atoms with Gasteiger partial charge in [0.15, 0.2) is 5.82 Å². The summed E-state index contributed by atoms with van der Waals surface area (Å²) in [6.45, 7) is 11.8. The van der Waals surface area contributed by atoms with Crippen molar-refractivity contribution in [1.29, 1.82) is 0 Å². The molecule has 250 valence electrons. The predicted octanol–water partition coefficient (Wildman–Crippen LogP) is 6.11. The highest BCUT2D eigenvalue weighted by atomic mass is 35.5. The van der Waals surface area contributed by atoms with Crippen molar-refractivity contribution in [3.05, 3.63) is 71.8 Å². The number of benzene rings is 2. The number of piperidine rings is 1. The number of hydroxylamine groups is 1. The molecular weight excluding hydrogens is 625 g/mol. The van der Waals surface area contributed by atoms with E-state index in [4.69, 9.17) is 25.9 Å². The molecule has 3 saturated heterocycles. The number of carbonyl (C=O) groups is 1. The van der Waals surface area contributed by atoms with Crippen molar-refractivity contribution >= 4 is 46.2 Å². The summed E-state index contributed by atoms with van der Waals surface area (Å²) >= 11 is 6.07. The van der Waals surface area contributed by atoms with Crippen LogP contribution in [0.2, 0.25) is 5.02 Å². The second-order valence-corrected chi connectivity index (χ2v) is 12.6. The van der Waals surface area contributed by atoms with Crippen LogP contribution in [-0.4, -0.2) is 78.9 Å². The average molecular weight is 666 g/mol. The van der Waals surface area contributed by atoms with Crippen molar-refractivity contribution in [1.82, 2.24) is 14.9 Å². The Morgan fingerprint density at radius 3 is 2.60 bits per heavy atom. The molecule has 3 fully saturated rings. The zero-order valence-corrected chi connectivity index (χ0v) is 27.7. The van der Waals surface area contributed by atoms with Gasteiger partial charge in [0.05, 0.1) is 54.1 Å². The van der Waals surface area contributed by atoms with E-state index >= 15 is 0 Å². The molecule has 0 saturated carbocycles. The van der Waals surface area contributed by atoms with E-state index in [9.17, 15) is 9.18 Å². The molecular formula is C34H41ClFN7O4. The molecule has 0 bridgehead atoms. The second-order valence-electron chi connectivity index (χ2n) is 12.2. The van der Waals surface area contributed by atoms with Crippen LogP contribution in [0.1, 0.15) is 44.7 Å². The third kappa shape index (κ3) is 7.30. The summed E-state index contributed by atoms with van der Waals surface area (Å²) in [5.74, 6) is 0.689. The third-order valence-corrected chi connectivity index (χ3v) is 9.21. The van der Waals surface area contributed by atoms with Crippen molar-refractivity contribution in [2.24, 2.45) is 0 Å². The number of nitrogens with zero attached hydrogens (tertiary/aromatic N) is 5. The van der Waals surface area contributed by atoms with E-state index in [1.54, 1.807) is 30.4 Å². The van der Waals surface area contributed by atoms with Crippen molar-refractivity contribution in [2.75, 3.05) is 60.5 Å². The van der Waals surface area contributed by atoms with Crippen molar-refractivity contribution in [3.8, 4) is 5.75 Å². The molecule has 3 aliphatic heterocycles. The summed E-state index contributed by atoms with van der Waals surface area (Å²) in [5, 5.41) is 7.94. The first-order valence-corrected chi connectivity index (χ1v) is 16.4. The molecule has 0 radical (unpaired) electrons. The monoisotopic (exact) mass is 665 g/mol. The Morgan fingerprint density at radius 2 is 1.87 bits per heavy atom. The molecule has 3 aromatic rings. The highest BCUT2D eigenvalue weighted by Gasteiger charge is 2.33. The predicted molar refractivity (Wildman–Crippen MR) is 181 cm³/mol. The van der Waals surface area contributed by atoms with Crippen LogP contribution in [-0.2, 0) is 14.4 Å². The Balaban J connectivity index is 1.23. The highest BCUT2D eigenvalue weighted by molar-refractivity contribution is 6.30. The summed E-state index contributed by atoms with van der Waals surface area (Å²) in [5.41, 5.74) is 2.51. The molecule has 3 aliphatic rings. The number of nitrogens with one attached hydrogen (secondary N) is 2. The minimum absolute atomic E-state index is 0.0556. The first-order valence-electron chi connectivity index (χ1n) is 16.0. The molecule has 11 nitrogen and oxygen atoms in total. The number of hydrogen-bond acceptors (Lipinski definition) is 10. The fourth-order valence-corrected chi connectivity index (χ4v) is 6.98. The van der Waals surface area contributed by atoms with Crippen LogP contribution in [0.15, 0.2) is 55.4 Å². The molecule has 3 atom stereocenters. The number of methoxy groups -OCH3 is 1. The van der Waals surface area contributed by atoms with E-state index < -0.39 is 11.9 Å². The molecule has 0 spiro atoms. The van der Waals surface area contributed by atoms with Crippen LogP contribution in [0.3, 0.4) is 0 Å². The van der Waals surface area contributed by atoms with Gasteiger partial charge in [-0.3, -0.25) is 14.5 Å². The van der Waals surface area contributed by atoms with Crippen LogP contribution >= 0.6 is 11.6 Å². The van der Waals surface area contributed by atoms with Gasteiger partial charge in [0.2, 0.25) is 5.91 Å². The quantitative estimate of drug-likeness (QED) is 0.260. The van der Waals surface area contributed by atoms with Crippen molar-refractivity contribution in [2.45, 2.75) is 57.4 Å². The number of ether oxygens (including phenoxy) is 2. The lowest BCUT2D eigenvalue weighted by Gasteiger charge is -2.44. The normalized spacial score (nSPS) is 22.3. The first kappa shape index (κ1) is 33.0. The average Bonchev–Trinajstić information content (AvgIpc) is 3.56. The van der Waals surface area contributed by atoms with E-state index in [1.165, 1.54) is 18.5 Å². The zero-order valence-electron chi connectivity index (χ0n) is 26.9. The number of amides is 1. The van der Waals surface area contributed by atoms with Gasteiger partial charge in [0.25, 0.3) is 0 Å². The van der Waals surface area contributed by atoms with Gasteiger partial charge in [-0.1, -0.05) is 30.3 Å². The third-order valence-electron chi connectivity index (χ3n) is 8.92. The van der Waals surface area contributed by atoms with Gasteiger partial charge in [0.1, 0.15) is 23.7 Å². The molecule has 4 heterocycles. The lowest BCUT2D eigenvalue weighted by molar-refractivity contribution is -0.111. The maximum Gasteiger partial charge on any atom is 0.247 e. The largest absolute Gasteiger partial charge is 0.494 e. The van der Waals surface area contributed by atoms with Gasteiger partial charge in [0, 0.05) is 56.3 Å². The first-order chi connectivity index (χ1) is 22.7. The van der Waals surface area contributed by atoms with Gasteiger partial charge in [-0.15, -0.1) is 0 Å². The number of anilines is 5. The molecule has 0 aliphatic carbocycles. The van der Waals surface area contributed by atoms with E-state index in [0.29, 0.717) is 53.4 Å². The molecule has 1 unspecified atom stereocenters. The number of morpholine rings is 1. The number of carbonyl (C=O) groups excluding carboxylic acids is 1. The zero-order chi connectivity index (χ0) is 33.1. The Labute approximate surface area is 279 Å². The van der Waals surface area contributed by atoms with E-state index in [2.05, 4.69) is 50.8 Å². The molecule has 47 heavy (non-hydrogen) atoms. The number of aromatic nitrogens is 2. The van der Waals surface area contributed by atoms with Gasteiger partial charge in [-0.2, -0.15) is 0 Å².